The van der Waals surface area contributed by atoms with Crippen LogP contribution in [0.5, 0.6) is 0 Å². The van der Waals surface area contributed by atoms with Crippen molar-refractivity contribution in [3.05, 3.63) is 199 Å². The molecule has 0 amide bonds. The summed E-state index contributed by atoms with van der Waals surface area (Å²) in [5.41, 5.74) is 14.5. The lowest BCUT2D eigenvalue weighted by Crippen LogP contribution is -2.73. The topological polar surface area (TPSA) is 31.2 Å². The smallest absolute Gasteiger partial charge is 0.290 e. The number of hydrogen-bond donors (Lipinski definition) is 0. The second kappa shape index (κ2) is 12.3. The highest BCUT2D eigenvalue weighted by molar-refractivity contribution is 7.12. The number of furan rings is 2. The van der Waals surface area contributed by atoms with E-state index >= 15 is 0 Å². The third-order valence-electron chi connectivity index (χ3n) is 14.2. The Bertz CT molecular complexity index is 4110. The van der Waals surface area contributed by atoms with Crippen molar-refractivity contribution >= 4 is 146 Å². The number of hydrogen-bond acceptors (Lipinski definition) is 2. The van der Waals surface area contributed by atoms with Crippen LogP contribution in [0.25, 0.3) is 105 Å². The first kappa shape index (κ1) is 33.7. The molecule has 0 N–H and O–H groups in total. The van der Waals surface area contributed by atoms with Gasteiger partial charge < -0.3 is 13.4 Å². The molecule has 5 heteroatoms. The largest absolute Gasteiger partial charge is 0.471 e. The molecule has 288 valence electrons. The molecule has 1 aliphatic heterocycles. The van der Waals surface area contributed by atoms with Crippen LogP contribution >= 0.6 is 0 Å². The minimum absolute atomic E-state index is 0.198. The van der Waals surface area contributed by atoms with Crippen LogP contribution in [0.3, 0.4) is 0 Å². The van der Waals surface area contributed by atoms with Gasteiger partial charge in [0.15, 0.2) is 0 Å². The summed E-state index contributed by atoms with van der Waals surface area (Å²) >= 11 is 0. The molecule has 13 aromatic rings. The van der Waals surface area contributed by atoms with E-state index in [0.717, 1.165) is 33.6 Å². The summed E-state index contributed by atoms with van der Waals surface area (Å²) in [5, 5.41) is 14.7. The standard InChI is InChI=1S/C58H33B2NO2/c1-2-11-36-29-40-31-41-32-43(23-22-37(41)30-39(40)28-35(36)10-1)60-55-47-15-5-8-19-51(47)62-57(55)59(56-54-48-16-9-12-34-20-21-38(53(34)48)33-52(54)63-58(56)60)42-24-26-44(27-25-42)61-49-17-6-3-13-45(49)46-14-4-7-18-50(46)61/h1-33H. The summed E-state index contributed by atoms with van der Waals surface area (Å²) in [5.74, 6) is 0. The Labute approximate surface area is 362 Å². The van der Waals surface area contributed by atoms with Gasteiger partial charge >= 0.3 is 0 Å². The van der Waals surface area contributed by atoms with Gasteiger partial charge in [-0.3, -0.25) is 0 Å². The maximum Gasteiger partial charge on any atom is 0.290 e. The highest BCUT2D eigenvalue weighted by Crippen LogP contribution is 2.37. The van der Waals surface area contributed by atoms with Crippen LogP contribution in [0.2, 0.25) is 0 Å². The Morgan fingerprint density at radius 3 is 1.67 bits per heavy atom. The molecular formula is C58H33B2NO2. The van der Waals surface area contributed by atoms with Gasteiger partial charge in [-0.25, -0.2) is 0 Å². The van der Waals surface area contributed by atoms with Gasteiger partial charge in [0.25, 0.3) is 13.4 Å². The fraction of sp³-hybridized carbons (Fsp3) is 0. The average molecular weight is 798 g/mol. The third-order valence-corrected chi connectivity index (χ3v) is 14.2. The lowest BCUT2D eigenvalue weighted by molar-refractivity contribution is 0.647. The van der Waals surface area contributed by atoms with E-state index in [-0.39, 0.29) is 13.4 Å². The number of nitrogens with zero attached hydrogens (tertiary/aromatic N) is 1. The van der Waals surface area contributed by atoms with Crippen molar-refractivity contribution < 1.29 is 8.83 Å². The van der Waals surface area contributed by atoms with Gasteiger partial charge in [-0.2, -0.15) is 0 Å². The van der Waals surface area contributed by atoms with Gasteiger partial charge in [-0.05, 0) is 126 Å². The van der Waals surface area contributed by atoms with E-state index in [0.29, 0.717) is 0 Å². The van der Waals surface area contributed by atoms with Crippen LogP contribution in [-0.4, -0.2) is 18.0 Å². The van der Waals surface area contributed by atoms with Crippen molar-refractivity contribution in [2.75, 3.05) is 0 Å². The van der Waals surface area contributed by atoms with Crippen LogP contribution in [0.4, 0.5) is 0 Å². The van der Waals surface area contributed by atoms with Crippen LogP contribution in [-0.2, 0) is 0 Å². The van der Waals surface area contributed by atoms with E-state index < -0.39 is 0 Å². The van der Waals surface area contributed by atoms with Gasteiger partial charge in [-0.15, -0.1) is 0 Å². The lowest BCUT2D eigenvalue weighted by atomic mass is 9.24. The first-order chi connectivity index (χ1) is 31.2. The quantitative estimate of drug-likeness (QED) is 0.132. The molecule has 0 spiro atoms. The SMILES string of the molecule is C1=Cc2cc3oc4c(c3c3cccc1c23)B(c1ccc(-n2c3ccccc3c3ccccc32)cc1)c1oc2ccccc2c1B4c1ccc2cc3cc4ccccc4cc3cc2c1. The molecular weight excluding hydrogens is 764 g/mol. The molecule has 0 bridgehead atoms. The molecule has 0 radical (unpaired) electrons. The molecule has 3 nitrogen and oxygen atoms in total. The number of para-hydroxylation sites is 3. The number of fused-ring (bicyclic) bond motifs is 13. The molecule has 1 aliphatic carbocycles. The van der Waals surface area contributed by atoms with E-state index in [1.54, 1.807) is 0 Å². The third kappa shape index (κ3) is 4.61. The maximum absolute atomic E-state index is 7.39. The summed E-state index contributed by atoms with van der Waals surface area (Å²) in [4.78, 5) is 0. The fourth-order valence-electron chi connectivity index (χ4n) is 11.5. The Kier molecular flexibility index (Phi) is 6.58. The molecule has 10 aromatic carbocycles. The summed E-state index contributed by atoms with van der Waals surface area (Å²) in [6.45, 7) is -0.410. The highest BCUT2D eigenvalue weighted by atomic mass is 16.3. The van der Waals surface area contributed by atoms with Crippen LogP contribution < -0.4 is 33.2 Å². The van der Waals surface area contributed by atoms with Crippen molar-refractivity contribution in [1.29, 1.82) is 0 Å². The van der Waals surface area contributed by atoms with Gasteiger partial charge in [0.1, 0.15) is 11.2 Å². The minimum Gasteiger partial charge on any atom is -0.471 e. The van der Waals surface area contributed by atoms with Gasteiger partial charge in [0.2, 0.25) is 0 Å². The van der Waals surface area contributed by atoms with E-state index in [1.165, 1.54) is 103 Å². The zero-order valence-corrected chi connectivity index (χ0v) is 34.0. The van der Waals surface area contributed by atoms with Crippen LogP contribution in [0.1, 0.15) is 11.1 Å². The van der Waals surface area contributed by atoms with E-state index in [4.69, 9.17) is 8.83 Å². The highest BCUT2D eigenvalue weighted by Gasteiger charge is 2.47. The van der Waals surface area contributed by atoms with Gasteiger partial charge in [0, 0.05) is 27.2 Å². The molecule has 63 heavy (non-hydrogen) atoms. The van der Waals surface area contributed by atoms with Gasteiger partial charge in [0.05, 0.1) is 22.4 Å². The molecule has 0 fully saturated rings. The van der Waals surface area contributed by atoms with Crippen molar-refractivity contribution in [2.45, 2.75) is 0 Å². The predicted octanol–water partition coefficient (Wildman–Crippen LogP) is 10.7. The average Bonchev–Trinajstić information content (AvgIpc) is 4.11. The zero-order chi connectivity index (χ0) is 40.9. The van der Waals surface area contributed by atoms with Crippen molar-refractivity contribution in [3.8, 4) is 5.69 Å². The first-order valence-electron chi connectivity index (χ1n) is 21.9. The summed E-state index contributed by atoms with van der Waals surface area (Å²) in [6, 6.07) is 69.1. The second-order valence-corrected chi connectivity index (χ2v) is 17.5. The second-order valence-electron chi connectivity index (χ2n) is 17.5. The molecule has 0 unspecified atom stereocenters. The van der Waals surface area contributed by atoms with Crippen LogP contribution in [0.15, 0.2) is 197 Å². The Hall–Kier alpha value is -8.01. The molecule has 4 heterocycles. The Morgan fingerprint density at radius 1 is 0.349 bits per heavy atom. The summed E-state index contributed by atoms with van der Waals surface area (Å²) < 4.78 is 17.0. The van der Waals surface area contributed by atoms with Crippen molar-refractivity contribution in [2.24, 2.45) is 0 Å². The van der Waals surface area contributed by atoms with E-state index in [1.807, 2.05) is 0 Å². The number of benzene rings is 10. The van der Waals surface area contributed by atoms with E-state index in [9.17, 15) is 0 Å². The normalized spacial score (nSPS) is 13.3. The van der Waals surface area contributed by atoms with Crippen molar-refractivity contribution in [1.82, 2.24) is 4.57 Å². The van der Waals surface area contributed by atoms with Crippen LogP contribution in [0, 0.1) is 0 Å². The first-order valence-corrected chi connectivity index (χ1v) is 21.9. The van der Waals surface area contributed by atoms with Gasteiger partial charge in [-0.1, -0.05) is 150 Å². The fourth-order valence-corrected chi connectivity index (χ4v) is 11.5. The number of rotatable bonds is 3. The molecule has 0 saturated heterocycles. The zero-order valence-electron chi connectivity index (χ0n) is 34.0. The van der Waals surface area contributed by atoms with Crippen molar-refractivity contribution in [3.63, 3.8) is 0 Å². The summed E-state index contributed by atoms with van der Waals surface area (Å²) in [6.07, 6.45) is 4.46. The predicted molar refractivity (Wildman–Crippen MR) is 268 cm³/mol. The van der Waals surface area contributed by atoms with E-state index in [2.05, 4.69) is 205 Å². The molecule has 3 aromatic heterocycles. The molecule has 0 atom stereocenters. The molecule has 0 saturated carbocycles. The minimum atomic E-state index is -0.212. The lowest BCUT2D eigenvalue weighted by Gasteiger charge is -2.25. The maximum atomic E-state index is 7.39. The number of aromatic nitrogens is 1. The molecule has 2 aliphatic rings. The summed E-state index contributed by atoms with van der Waals surface area (Å²) in [7, 11) is 0. The Balaban J connectivity index is 0.995. The monoisotopic (exact) mass is 797 g/mol. The molecule has 15 rings (SSSR count). The Morgan fingerprint density at radius 2 is 0.905 bits per heavy atom.